The lowest BCUT2D eigenvalue weighted by Crippen LogP contribution is -2.29. The second kappa shape index (κ2) is 4.28. The van der Waals surface area contributed by atoms with E-state index in [0.29, 0.717) is 0 Å². The van der Waals surface area contributed by atoms with Crippen molar-refractivity contribution in [3.63, 3.8) is 0 Å². The largest absolute Gasteiger partial charge is 0.480 e. The molecule has 16 heavy (non-hydrogen) atoms. The Kier molecular flexibility index (Phi) is 2.82. The number of carbonyl (C=O) groups excluding carboxylic acids is 1. The minimum atomic E-state index is -1.08. The Morgan fingerprint density at radius 3 is 3.06 bits per heavy atom. The van der Waals surface area contributed by atoms with Crippen LogP contribution in [0.25, 0.3) is 10.1 Å². The Balaban J connectivity index is 2.19. The number of nitrogens with zero attached hydrogens (tertiary/aromatic N) is 1. The molecule has 5 nitrogen and oxygen atoms in total. The number of carboxylic acids is 1. The van der Waals surface area contributed by atoms with Crippen LogP contribution in [0.4, 0.5) is 0 Å². The van der Waals surface area contributed by atoms with Gasteiger partial charge in [0.05, 0.1) is 0 Å². The number of pyridine rings is 1. The summed E-state index contributed by atoms with van der Waals surface area (Å²) >= 11 is 1.51. The van der Waals surface area contributed by atoms with Crippen molar-refractivity contribution in [2.24, 2.45) is 0 Å². The number of aromatic nitrogens is 1. The molecule has 0 aliphatic rings. The first kappa shape index (κ1) is 10.6. The van der Waals surface area contributed by atoms with Crippen molar-refractivity contribution in [3.05, 3.63) is 29.4 Å². The maximum Gasteiger partial charge on any atom is 0.322 e. The maximum absolute atomic E-state index is 11.5. The number of nitrogens with one attached hydrogen (secondary N) is 1. The van der Waals surface area contributed by atoms with E-state index in [1.807, 2.05) is 11.4 Å². The number of carbonyl (C=O) groups is 2. The van der Waals surface area contributed by atoms with Crippen molar-refractivity contribution in [3.8, 4) is 0 Å². The second-order valence-electron chi connectivity index (χ2n) is 3.10. The molecule has 0 aliphatic carbocycles. The average Bonchev–Trinajstić information content (AvgIpc) is 2.72. The standard InChI is InChI=1S/C10H8N2O3S/c13-9(14)5-12-10(15)7-3-8-6(4-11-7)1-2-16-8/h1-4H,5H2,(H,12,15)(H,13,14). The summed E-state index contributed by atoms with van der Waals surface area (Å²) < 4.78 is 0.954. The van der Waals surface area contributed by atoms with E-state index >= 15 is 0 Å². The molecule has 0 bridgehead atoms. The van der Waals surface area contributed by atoms with E-state index in [1.54, 1.807) is 12.3 Å². The Morgan fingerprint density at radius 2 is 2.31 bits per heavy atom. The number of aliphatic carboxylic acids is 1. The Labute approximate surface area is 94.7 Å². The molecule has 0 saturated heterocycles. The van der Waals surface area contributed by atoms with Crippen LogP contribution >= 0.6 is 11.3 Å². The van der Waals surface area contributed by atoms with Gasteiger partial charge >= 0.3 is 5.97 Å². The van der Waals surface area contributed by atoms with Crippen molar-refractivity contribution >= 4 is 33.3 Å². The number of hydrogen-bond donors (Lipinski definition) is 2. The Bertz CT molecular complexity index is 550. The van der Waals surface area contributed by atoms with E-state index in [9.17, 15) is 9.59 Å². The maximum atomic E-state index is 11.5. The van der Waals surface area contributed by atoms with Gasteiger partial charge in [-0.1, -0.05) is 0 Å². The first-order valence-electron chi connectivity index (χ1n) is 4.50. The van der Waals surface area contributed by atoms with Crippen LogP contribution in [-0.2, 0) is 4.79 Å². The summed E-state index contributed by atoms with van der Waals surface area (Å²) in [4.78, 5) is 25.7. The normalized spacial score (nSPS) is 10.2. The fraction of sp³-hybridized carbons (Fsp3) is 0.100. The Morgan fingerprint density at radius 1 is 1.50 bits per heavy atom. The molecule has 0 spiro atoms. The zero-order valence-corrected chi connectivity index (χ0v) is 8.95. The van der Waals surface area contributed by atoms with Gasteiger partial charge in [0, 0.05) is 16.3 Å². The molecule has 0 atom stereocenters. The van der Waals surface area contributed by atoms with Crippen molar-refractivity contribution < 1.29 is 14.7 Å². The molecule has 0 unspecified atom stereocenters. The highest BCUT2D eigenvalue weighted by molar-refractivity contribution is 7.17. The first-order chi connectivity index (χ1) is 7.66. The van der Waals surface area contributed by atoms with Crippen molar-refractivity contribution in [1.82, 2.24) is 10.3 Å². The third-order valence-corrected chi connectivity index (χ3v) is 2.85. The predicted octanol–water partition coefficient (Wildman–Crippen LogP) is 1.11. The number of fused-ring (bicyclic) bond motifs is 1. The lowest BCUT2D eigenvalue weighted by Gasteiger charge is -2.01. The summed E-state index contributed by atoms with van der Waals surface area (Å²) in [6.45, 7) is -0.400. The highest BCUT2D eigenvalue weighted by Crippen LogP contribution is 2.20. The number of rotatable bonds is 3. The van der Waals surface area contributed by atoms with Crippen LogP contribution in [0.3, 0.4) is 0 Å². The van der Waals surface area contributed by atoms with E-state index in [1.165, 1.54) is 11.3 Å². The lowest BCUT2D eigenvalue weighted by atomic mass is 10.3. The predicted molar refractivity (Wildman–Crippen MR) is 59.6 cm³/mol. The zero-order chi connectivity index (χ0) is 11.5. The monoisotopic (exact) mass is 236 g/mol. The Hall–Kier alpha value is -1.95. The van der Waals surface area contributed by atoms with E-state index in [-0.39, 0.29) is 5.69 Å². The molecule has 0 aliphatic heterocycles. The summed E-state index contributed by atoms with van der Waals surface area (Å²) in [5.74, 6) is -1.55. The van der Waals surface area contributed by atoms with Crippen LogP contribution in [0.1, 0.15) is 10.5 Å². The van der Waals surface area contributed by atoms with E-state index in [0.717, 1.165) is 10.1 Å². The third kappa shape index (κ3) is 2.17. The molecule has 0 radical (unpaired) electrons. The highest BCUT2D eigenvalue weighted by atomic mass is 32.1. The van der Waals surface area contributed by atoms with E-state index in [4.69, 9.17) is 5.11 Å². The molecule has 2 N–H and O–H groups in total. The van der Waals surface area contributed by atoms with Crippen LogP contribution in [0.5, 0.6) is 0 Å². The highest BCUT2D eigenvalue weighted by Gasteiger charge is 2.09. The van der Waals surface area contributed by atoms with Crippen molar-refractivity contribution in [1.29, 1.82) is 0 Å². The molecule has 82 valence electrons. The molecule has 0 saturated carbocycles. The average molecular weight is 236 g/mol. The number of hydrogen-bond acceptors (Lipinski definition) is 4. The van der Waals surface area contributed by atoms with Gasteiger partial charge in [0.15, 0.2) is 0 Å². The van der Waals surface area contributed by atoms with Gasteiger partial charge in [-0.05, 0) is 17.5 Å². The minimum Gasteiger partial charge on any atom is -0.480 e. The summed E-state index contributed by atoms with van der Waals surface area (Å²) in [5.41, 5.74) is 0.233. The second-order valence-corrected chi connectivity index (χ2v) is 4.05. The topological polar surface area (TPSA) is 79.3 Å². The molecular formula is C10H8N2O3S. The molecule has 2 rings (SSSR count). The van der Waals surface area contributed by atoms with Crippen LogP contribution in [0, 0.1) is 0 Å². The van der Waals surface area contributed by atoms with Gasteiger partial charge in [-0.2, -0.15) is 0 Å². The summed E-state index contributed by atoms with van der Waals surface area (Å²) in [6, 6.07) is 3.56. The van der Waals surface area contributed by atoms with E-state index < -0.39 is 18.4 Å². The molecule has 2 aromatic rings. The molecule has 0 fully saturated rings. The molecule has 6 heteroatoms. The molecule has 2 heterocycles. The summed E-state index contributed by atoms with van der Waals surface area (Å²) in [5, 5.41) is 13.6. The van der Waals surface area contributed by atoms with Crippen LogP contribution in [0.15, 0.2) is 23.7 Å². The van der Waals surface area contributed by atoms with Gasteiger partial charge in [0.1, 0.15) is 12.2 Å². The van der Waals surface area contributed by atoms with Gasteiger partial charge in [-0.25, -0.2) is 0 Å². The van der Waals surface area contributed by atoms with Gasteiger partial charge in [0.25, 0.3) is 5.91 Å². The van der Waals surface area contributed by atoms with Crippen molar-refractivity contribution in [2.45, 2.75) is 0 Å². The molecular weight excluding hydrogens is 228 g/mol. The minimum absolute atomic E-state index is 0.233. The molecule has 1 amide bonds. The quantitative estimate of drug-likeness (QED) is 0.836. The van der Waals surface area contributed by atoms with Crippen LogP contribution < -0.4 is 5.32 Å². The molecule has 0 aromatic carbocycles. The zero-order valence-electron chi connectivity index (χ0n) is 8.14. The van der Waals surface area contributed by atoms with Gasteiger partial charge in [-0.3, -0.25) is 14.6 Å². The first-order valence-corrected chi connectivity index (χ1v) is 5.38. The fourth-order valence-corrected chi connectivity index (χ4v) is 2.02. The van der Waals surface area contributed by atoms with Gasteiger partial charge in [-0.15, -0.1) is 11.3 Å². The van der Waals surface area contributed by atoms with Gasteiger partial charge in [0.2, 0.25) is 0 Å². The lowest BCUT2D eigenvalue weighted by molar-refractivity contribution is -0.135. The number of amides is 1. The summed E-state index contributed by atoms with van der Waals surface area (Å²) in [7, 11) is 0. The molecule has 2 aromatic heterocycles. The van der Waals surface area contributed by atoms with Gasteiger partial charge < -0.3 is 10.4 Å². The smallest absolute Gasteiger partial charge is 0.322 e. The van der Waals surface area contributed by atoms with Crippen LogP contribution in [0.2, 0.25) is 0 Å². The van der Waals surface area contributed by atoms with Crippen molar-refractivity contribution in [2.75, 3.05) is 6.54 Å². The number of carboxylic acid groups (broad SMARTS) is 1. The van der Waals surface area contributed by atoms with Crippen LogP contribution in [-0.4, -0.2) is 28.5 Å². The summed E-state index contributed by atoms with van der Waals surface area (Å²) in [6.07, 6.45) is 1.60. The third-order valence-electron chi connectivity index (χ3n) is 1.97. The SMILES string of the molecule is O=C(O)CNC(=O)c1cc2sccc2cn1. The number of thiophene rings is 1. The fourth-order valence-electron chi connectivity index (χ4n) is 1.23. The van der Waals surface area contributed by atoms with E-state index in [2.05, 4.69) is 10.3 Å².